The molecule has 1 saturated heterocycles. The number of hydrogen-bond donors (Lipinski definition) is 1. The van der Waals surface area contributed by atoms with Gasteiger partial charge in [0.2, 0.25) is 0 Å². The second kappa shape index (κ2) is 4.77. The van der Waals surface area contributed by atoms with Crippen LogP contribution in [-0.4, -0.2) is 25.3 Å². The molecule has 76 valence electrons. The summed E-state index contributed by atoms with van der Waals surface area (Å²) >= 11 is 0. The fraction of sp³-hybridized carbons (Fsp3) is 0.818. The second-order valence-electron chi connectivity index (χ2n) is 4.34. The molecule has 0 atom stereocenters. The Labute approximate surface area is 81.4 Å². The summed E-state index contributed by atoms with van der Waals surface area (Å²) in [5.41, 5.74) is 1.67. The molecule has 13 heavy (non-hydrogen) atoms. The molecular formula is C11H21NO. The molecule has 2 heteroatoms. The van der Waals surface area contributed by atoms with Crippen LogP contribution in [0.25, 0.3) is 0 Å². The van der Waals surface area contributed by atoms with E-state index in [1.165, 1.54) is 5.57 Å². The molecule has 0 spiro atoms. The van der Waals surface area contributed by atoms with E-state index in [1.54, 1.807) is 0 Å². The van der Waals surface area contributed by atoms with E-state index in [0.717, 1.165) is 32.6 Å². The van der Waals surface area contributed by atoms with Crippen molar-refractivity contribution < 1.29 is 4.74 Å². The van der Waals surface area contributed by atoms with Crippen LogP contribution in [0, 0.1) is 0 Å². The van der Waals surface area contributed by atoms with E-state index >= 15 is 0 Å². The number of rotatable bonds is 3. The molecule has 0 amide bonds. The third-order valence-corrected chi connectivity index (χ3v) is 2.64. The summed E-state index contributed by atoms with van der Waals surface area (Å²) in [6.07, 6.45) is 4.49. The third kappa shape index (κ3) is 3.92. The van der Waals surface area contributed by atoms with Crippen LogP contribution in [0.1, 0.15) is 33.6 Å². The summed E-state index contributed by atoms with van der Waals surface area (Å²) in [6, 6.07) is 0. The Kier molecular flexibility index (Phi) is 3.94. The van der Waals surface area contributed by atoms with Crippen LogP contribution in [0.15, 0.2) is 11.6 Å². The van der Waals surface area contributed by atoms with Gasteiger partial charge in [-0.1, -0.05) is 11.6 Å². The van der Waals surface area contributed by atoms with E-state index in [-0.39, 0.29) is 0 Å². The quantitative estimate of drug-likeness (QED) is 0.677. The van der Waals surface area contributed by atoms with E-state index < -0.39 is 0 Å². The van der Waals surface area contributed by atoms with Crippen molar-refractivity contribution in [2.75, 3.05) is 19.8 Å². The van der Waals surface area contributed by atoms with E-state index in [4.69, 9.17) is 4.74 Å². The van der Waals surface area contributed by atoms with Gasteiger partial charge in [0.05, 0.1) is 0 Å². The van der Waals surface area contributed by atoms with Gasteiger partial charge in [-0.2, -0.15) is 0 Å². The Morgan fingerprint density at radius 1 is 1.38 bits per heavy atom. The first kappa shape index (κ1) is 10.7. The summed E-state index contributed by atoms with van der Waals surface area (Å²) in [5, 5.41) is 3.57. The van der Waals surface area contributed by atoms with Crippen molar-refractivity contribution >= 4 is 0 Å². The number of ether oxygens (including phenoxy) is 1. The molecule has 0 bridgehead atoms. The molecule has 2 nitrogen and oxygen atoms in total. The van der Waals surface area contributed by atoms with Gasteiger partial charge in [0.15, 0.2) is 0 Å². The third-order valence-electron chi connectivity index (χ3n) is 2.64. The Morgan fingerprint density at radius 2 is 2.00 bits per heavy atom. The molecule has 1 fully saturated rings. The zero-order chi connectivity index (χ0) is 9.73. The first-order valence-corrected chi connectivity index (χ1v) is 5.08. The van der Waals surface area contributed by atoms with Crippen LogP contribution in [-0.2, 0) is 4.74 Å². The first-order valence-electron chi connectivity index (χ1n) is 5.08. The van der Waals surface area contributed by atoms with Gasteiger partial charge in [0.1, 0.15) is 0 Å². The molecule has 0 aromatic carbocycles. The molecule has 1 rings (SSSR count). The lowest BCUT2D eigenvalue weighted by Crippen LogP contribution is -2.46. The van der Waals surface area contributed by atoms with Gasteiger partial charge in [-0.05, 0) is 33.6 Å². The standard InChI is InChI=1S/C11H21NO/c1-10(2)4-7-12-11(3)5-8-13-9-6-11/h4,12H,5-9H2,1-3H3. The molecular weight excluding hydrogens is 162 g/mol. The normalized spacial score (nSPS) is 21.2. The Bertz CT molecular complexity index is 177. The minimum absolute atomic E-state index is 0.296. The van der Waals surface area contributed by atoms with Crippen molar-refractivity contribution in [3.05, 3.63) is 11.6 Å². The monoisotopic (exact) mass is 183 g/mol. The van der Waals surface area contributed by atoms with E-state index in [1.807, 2.05) is 0 Å². The first-order chi connectivity index (χ1) is 6.12. The van der Waals surface area contributed by atoms with E-state index in [9.17, 15) is 0 Å². The zero-order valence-corrected chi connectivity index (χ0v) is 9.02. The van der Waals surface area contributed by atoms with Crippen LogP contribution in [0.2, 0.25) is 0 Å². The maximum atomic E-state index is 5.34. The summed E-state index contributed by atoms with van der Waals surface area (Å²) in [5.74, 6) is 0. The smallest absolute Gasteiger partial charge is 0.0483 e. The molecule has 0 radical (unpaired) electrons. The summed E-state index contributed by atoms with van der Waals surface area (Å²) < 4.78 is 5.34. The maximum absolute atomic E-state index is 5.34. The molecule has 1 aliphatic rings. The minimum Gasteiger partial charge on any atom is -0.381 e. The molecule has 0 aliphatic carbocycles. The molecule has 1 N–H and O–H groups in total. The van der Waals surface area contributed by atoms with Crippen molar-refractivity contribution in [2.24, 2.45) is 0 Å². The molecule has 0 aromatic heterocycles. The van der Waals surface area contributed by atoms with Crippen molar-refractivity contribution in [2.45, 2.75) is 39.2 Å². The average Bonchev–Trinajstić information content (AvgIpc) is 2.04. The number of hydrogen-bond acceptors (Lipinski definition) is 2. The Morgan fingerprint density at radius 3 is 2.54 bits per heavy atom. The number of nitrogens with one attached hydrogen (secondary N) is 1. The summed E-state index contributed by atoms with van der Waals surface area (Å²) in [4.78, 5) is 0. The van der Waals surface area contributed by atoms with Crippen molar-refractivity contribution in [1.82, 2.24) is 5.32 Å². The Balaban J connectivity index is 2.29. The van der Waals surface area contributed by atoms with Gasteiger partial charge in [-0.15, -0.1) is 0 Å². The lowest BCUT2D eigenvalue weighted by atomic mass is 9.92. The highest BCUT2D eigenvalue weighted by Crippen LogP contribution is 2.19. The predicted molar refractivity (Wildman–Crippen MR) is 55.9 cm³/mol. The molecule has 1 heterocycles. The Hall–Kier alpha value is -0.340. The highest BCUT2D eigenvalue weighted by Gasteiger charge is 2.25. The molecule has 1 aliphatic heterocycles. The van der Waals surface area contributed by atoms with Crippen molar-refractivity contribution in [1.29, 1.82) is 0 Å². The van der Waals surface area contributed by atoms with Crippen molar-refractivity contribution in [3.8, 4) is 0 Å². The lowest BCUT2D eigenvalue weighted by molar-refractivity contribution is 0.0467. The fourth-order valence-corrected chi connectivity index (χ4v) is 1.50. The largest absolute Gasteiger partial charge is 0.381 e. The van der Waals surface area contributed by atoms with Crippen molar-refractivity contribution in [3.63, 3.8) is 0 Å². The van der Waals surface area contributed by atoms with Crippen LogP contribution in [0.3, 0.4) is 0 Å². The minimum atomic E-state index is 0.296. The van der Waals surface area contributed by atoms with Gasteiger partial charge in [0, 0.05) is 25.3 Å². The topological polar surface area (TPSA) is 21.3 Å². The van der Waals surface area contributed by atoms with Crippen LogP contribution in [0.4, 0.5) is 0 Å². The molecule has 0 unspecified atom stereocenters. The molecule has 0 saturated carbocycles. The average molecular weight is 183 g/mol. The molecule has 0 aromatic rings. The van der Waals surface area contributed by atoms with Gasteiger partial charge in [-0.3, -0.25) is 0 Å². The maximum Gasteiger partial charge on any atom is 0.0483 e. The van der Waals surface area contributed by atoms with Crippen LogP contribution in [0.5, 0.6) is 0 Å². The number of allylic oxidation sites excluding steroid dienone is 1. The summed E-state index contributed by atoms with van der Waals surface area (Å²) in [6.45, 7) is 9.34. The van der Waals surface area contributed by atoms with Gasteiger partial charge in [-0.25, -0.2) is 0 Å². The van der Waals surface area contributed by atoms with Crippen LogP contribution >= 0.6 is 0 Å². The lowest BCUT2D eigenvalue weighted by Gasteiger charge is -2.34. The second-order valence-corrected chi connectivity index (χ2v) is 4.34. The van der Waals surface area contributed by atoms with Crippen LogP contribution < -0.4 is 5.32 Å². The SMILES string of the molecule is CC(C)=CCNC1(C)CCOCC1. The van der Waals surface area contributed by atoms with E-state index in [2.05, 4.69) is 32.2 Å². The zero-order valence-electron chi connectivity index (χ0n) is 9.02. The highest BCUT2D eigenvalue weighted by atomic mass is 16.5. The van der Waals surface area contributed by atoms with E-state index in [0.29, 0.717) is 5.54 Å². The van der Waals surface area contributed by atoms with Gasteiger partial charge >= 0.3 is 0 Å². The van der Waals surface area contributed by atoms with Gasteiger partial charge in [0.25, 0.3) is 0 Å². The highest BCUT2D eigenvalue weighted by molar-refractivity contribution is 4.97. The predicted octanol–water partition coefficient (Wildman–Crippen LogP) is 2.11. The summed E-state index contributed by atoms with van der Waals surface area (Å²) in [7, 11) is 0. The van der Waals surface area contributed by atoms with Gasteiger partial charge < -0.3 is 10.1 Å². The fourth-order valence-electron chi connectivity index (χ4n) is 1.50.